The monoisotopic (exact) mass is 418 g/mol. The van der Waals surface area contributed by atoms with Crippen LogP contribution in [0.15, 0.2) is 54.6 Å². The van der Waals surface area contributed by atoms with Gasteiger partial charge in [-0.15, -0.1) is 0 Å². The molecule has 5 rings (SSSR count). The minimum Gasteiger partial charge on any atom is -0.466 e. The first-order valence-corrected chi connectivity index (χ1v) is 11.3. The van der Waals surface area contributed by atoms with Crippen molar-refractivity contribution in [2.24, 2.45) is 0 Å². The van der Waals surface area contributed by atoms with E-state index in [0.29, 0.717) is 13.0 Å². The number of aromatic nitrogens is 1. The lowest BCUT2D eigenvalue weighted by molar-refractivity contribution is -0.154. The van der Waals surface area contributed by atoms with Gasteiger partial charge in [0, 0.05) is 36.2 Å². The van der Waals surface area contributed by atoms with Crippen molar-refractivity contribution in [1.82, 2.24) is 9.47 Å². The number of carbonyl (C=O) groups is 1. The summed E-state index contributed by atoms with van der Waals surface area (Å²) >= 11 is 0. The summed E-state index contributed by atoms with van der Waals surface area (Å²) in [6.07, 6.45) is 1.53. The van der Waals surface area contributed by atoms with Gasteiger partial charge in [-0.25, -0.2) is 0 Å². The molecule has 0 aliphatic carbocycles. The molecular formula is C26H30N2O3. The Hall–Kier alpha value is -2.63. The summed E-state index contributed by atoms with van der Waals surface area (Å²) in [5.74, 6) is -0.328. The maximum absolute atomic E-state index is 12.5. The van der Waals surface area contributed by atoms with Crippen LogP contribution in [0.3, 0.4) is 0 Å². The van der Waals surface area contributed by atoms with Crippen molar-refractivity contribution in [3.8, 4) is 0 Å². The van der Waals surface area contributed by atoms with Gasteiger partial charge in [0.2, 0.25) is 0 Å². The van der Waals surface area contributed by atoms with Gasteiger partial charge in [-0.1, -0.05) is 48.5 Å². The fourth-order valence-electron chi connectivity index (χ4n) is 5.86. The van der Waals surface area contributed by atoms with Crippen LogP contribution < -0.4 is 0 Å². The number of nitrogens with zero attached hydrogens (tertiary/aromatic N) is 2. The summed E-state index contributed by atoms with van der Waals surface area (Å²) < 4.78 is 7.61. The van der Waals surface area contributed by atoms with Gasteiger partial charge in [0.1, 0.15) is 5.60 Å². The zero-order chi connectivity index (χ0) is 21.6. The van der Waals surface area contributed by atoms with E-state index in [-0.39, 0.29) is 12.4 Å². The summed E-state index contributed by atoms with van der Waals surface area (Å²) in [5.41, 5.74) is 3.03. The van der Waals surface area contributed by atoms with Gasteiger partial charge in [0.15, 0.2) is 0 Å². The van der Waals surface area contributed by atoms with Gasteiger partial charge < -0.3 is 14.4 Å². The van der Waals surface area contributed by atoms with Gasteiger partial charge >= 0.3 is 5.97 Å². The van der Waals surface area contributed by atoms with Crippen molar-refractivity contribution >= 4 is 16.9 Å². The van der Waals surface area contributed by atoms with Gasteiger partial charge in [-0.05, 0) is 43.9 Å². The Morgan fingerprint density at radius 1 is 1.10 bits per heavy atom. The molecule has 2 aliphatic rings. The van der Waals surface area contributed by atoms with Crippen LogP contribution in [0.25, 0.3) is 10.9 Å². The van der Waals surface area contributed by atoms with E-state index in [2.05, 4.69) is 64.9 Å². The van der Waals surface area contributed by atoms with Crippen LogP contribution in [0.5, 0.6) is 0 Å². The predicted octanol–water partition coefficient (Wildman–Crippen LogP) is 3.85. The predicted molar refractivity (Wildman–Crippen MR) is 121 cm³/mol. The largest absolute Gasteiger partial charge is 0.466 e. The second-order valence-corrected chi connectivity index (χ2v) is 8.99. The number of esters is 1. The highest BCUT2D eigenvalue weighted by atomic mass is 16.5. The van der Waals surface area contributed by atoms with Gasteiger partial charge in [-0.3, -0.25) is 9.69 Å². The standard InChI is InChI=1S/C26H30N2O3/c1-3-31-23(29)17-26(30)14-16-27-15-13-21-20-11-7-8-12-22(20)28(24(21)25(26,27)2)18-19-9-5-4-6-10-19/h4-12,30H,3,13-18H2,1-2H3/t25-,26+/m1/s1. The first kappa shape index (κ1) is 20.3. The molecule has 0 unspecified atom stereocenters. The number of fused-ring (bicyclic) bond motifs is 5. The van der Waals surface area contributed by atoms with E-state index in [1.165, 1.54) is 22.0 Å². The normalized spacial score (nSPS) is 25.4. The summed E-state index contributed by atoms with van der Waals surface area (Å²) in [4.78, 5) is 14.8. The number of rotatable bonds is 5. The third kappa shape index (κ3) is 3.02. The molecule has 1 fully saturated rings. The Bertz CT molecular complexity index is 1120. The molecule has 0 spiro atoms. The summed E-state index contributed by atoms with van der Waals surface area (Å²) in [6.45, 7) is 6.65. The average molecular weight is 419 g/mol. The van der Waals surface area contributed by atoms with E-state index in [1.807, 2.05) is 6.07 Å². The van der Waals surface area contributed by atoms with E-state index in [1.54, 1.807) is 6.92 Å². The number of benzene rings is 2. The van der Waals surface area contributed by atoms with Crippen LogP contribution in [0, 0.1) is 0 Å². The molecule has 3 heterocycles. The van der Waals surface area contributed by atoms with Crippen LogP contribution in [0.1, 0.15) is 43.5 Å². The number of aliphatic hydroxyl groups is 1. The third-order valence-electron chi connectivity index (χ3n) is 7.43. The number of ether oxygens (including phenoxy) is 1. The van der Waals surface area contributed by atoms with E-state index in [0.717, 1.165) is 31.7 Å². The van der Waals surface area contributed by atoms with Crippen LogP contribution in [-0.4, -0.2) is 45.8 Å². The highest BCUT2D eigenvalue weighted by Gasteiger charge is 2.60. The molecule has 2 atom stereocenters. The van der Waals surface area contributed by atoms with Gasteiger partial charge in [0.25, 0.3) is 0 Å². The van der Waals surface area contributed by atoms with Crippen molar-refractivity contribution in [2.75, 3.05) is 19.7 Å². The first-order chi connectivity index (χ1) is 15.0. The molecular weight excluding hydrogens is 388 g/mol. The molecule has 1 aromatic heterocycles. The molecule has 5 heteroatoms. The van der Waals surface area contributed by atoms with Crippen molar-refractivity contribution in [3.05, 3.63) is 71.4 Å². The highest BCUT2D eigenvalue weighted by molar-refractivity contribution is 5.87. The lowest BCUT2D eigenvalue weighted by atomic mass is 9.73. The van der Waals surface area contributed by atoms with Crippen molar-refractivity contribution < 1.29 is 14.6 Å². The minimum atomic E-state index is -1.17. The lowest BCUT2D eigenvalue weighted by Gasteiger charge is -2.48. The van der Waals surface area contributed by atoms with Gasteiger partial charge in [-0.2, -0.15) is 0 Å². The van der Waals surface area contributed by atoms with E-state index >= 15 is 0 Å². The molecule has 2 aromatic carbocycles. The summed E-state index contributed by atoms with van der Waals surface area (Å²) in [5, 5.41) is 13.2. The molecule has 0 radical (unpaired) electrons. The molecule has 1 N–H and O–H groups in total. The molecule has 0 amide bonds. The Kier molecular flexibility index (Phi) is 4.91. The van der Waals surface area contributed by atoms with Crippen LogP contribution >= 0.6 is 0 Å². The zero-order valence-corrected chi connectivity index (χ0v) is 18.3. The zero-order valence-electron chi connectivity index (χ0n) is 18.3. The second-order valence-electron chi connectivity index (χ2n) is 8.99. The first-order valence-electron chi connectivity index (χ1n) is 11.3. The second kappa shape index (κ2) is 7.50. The smallest absolute Gasteiger partial charge is 0.308 e. The maximum Gasteiger partial charge on any atom is 0.308 e. The molecule has 0 bridgehead atoms. The Morgan fingerprint density at radius 3 is 2.61 bits per heavy atom. The molecule has 0 saturated carbocycles. The topological polar surface area (TPSA) is 54.7 Å². The number of hydrogen-bond acceptors (Lipinski definition) is 4. The van der Waals surface area contributed by atoms with Crippen molar-refractivity contribution in [1.29, 1.82) is 0 Å². The quantitative estimate of drug-likeness (QED) is 0.640. The molecule has 2 aliphatic heterocycles. The lowest BCUT2D eigenvalue weighted by Crippen LogP contribution is -2.57. The maximum atomic E-state index is 12.5. The SMILES string of the molecule is CCOC(=O)C[C@@]1(O)CCN2CCc3c(n(Cc4ccccc4)c4ccccc34)[C@@]21C. The molecule has 162 valence electrons. The fraction of sp³-hybridized carbons (Fsp3) is 0.423. The highest BCUT2D eigenvalue weighted by Crippen LogP contribution is 2.53. The van der Waals surface area contributed by atoms with E-state index in [4.69, 9.17) is 4.74 Å². The Morgan fingerprint density at radius 2 is 1.84 bits per heavy atom. The Labute approximate surface area is 183 Å². The van der Waals surface area contributed by atoms with Crippen molar-refractivity contribution in [3.63, 3.8) is 0 Å². The minimum absolute atomic E-state index is 0.0140. The van der Waals surface area contributed by atoms with Crippen LogP contribution in [-0.2, 0) is 28.0 Å². The summed E-state index contributed by atoms with van der Waals surface area (Å²) in [7, 11) is 0. The van der Waals surface area contributed by atoms with E-state index < -0.39 is 11.1 Å². The van der Waals surface area contributed by atoms with E-state index in [9.17, 15) is 9.90 Å². The average Bonchev–Trinajstić information content (AvgIpc) is 3.22. The molecule has 31 heavy (non-hydrogen) atoms. The number of para-hydroxylation sites is 1. The van der Waals surface area contributed by atoms with Crippen molar-refractivity contribution in [2.45, 2.75) is 50.8 Å². The fourth-order valence-corrected chi connectivity index (χ4v) is 5.86. The number of carbonyl (C=O) groups excluding carboxylic acids is 1. The van der Waals surface area contributed by atoms with Gasteiger partial charge in [0.05, 0.1) is 18.6 Å². The van der Waals surface area contributed by atoms with Crippen LogP contribution in [0.4, 0.5) is 0 Å². The molecule has 5 nitrogen and oxygen atoms in total. The number of hydrogen-bond donors (Lipinski definition) is 1. The third-order valence-corrected chi connectivity index (χ3v) is 7.43. The summed E-state index contributed by atoms with van der Waals surface area (Å²) in [6, 6.07) is 19.0. The van der Waals surface area contributed by atoms with Crippen LogP contribution in [0.2, 0.25) is 0 Å². The molecule has 3 aromatic rings. The molecule has 1 saturated heterocycles. The Balaban J connectivity index is 1.70.